The Morgan fingerprint density at radius 3 is 2.61 bits per heavy atom. The Morgan fingerprint density at radius 2 is 1.93 bits per heavy atom. The van der Waals surface area contributed by atoms with Crippen molar-refractivity contribution in [1.29, 1.82) is 5.26 Å². The highest BCUT2D eigenvalue weighted by atomic mass is 16.5. The van der Waals surface area contributed by atoms with Gasteiger partial charge in [0.25, 0.3) is 5.91 Å². The van der Waals surface area contributed by atoms with Crippen LogP contribution in [0.2, 0.25) is 0 Å². The molecule has 146 valence electrons. The third kappa shape index (κ3) is 5.48. The molecule has 2 rings (SSSR count). The van der Waals surface area contributed by atoms with Gasteiger partial charge in [-0.2, -0.15) is 5.26 Å². The topological polar surface area (TPSA) is 91.7 Å². The minimum Gasteiger partial charge on any atom is -0.493 e. The lowest BCUT2D eigenvalue weighted by Gasteiger charge is -2.18. The van der Waals surface area contributed by atoms with Crippen LogP contribution >= 0.6 is 0 Å². The summed E-state index contributed by atoms with van der Waals surface area (Å²) in [6.45, 7) is 1.66. The smallest absolute Gasteiger partial charge is 0.260 e. The van der Waals surface area contributed by atoms with Gasteiger partial charge in [0.1, 0.15) is 0 Å². The van der Waals surface area contributed by atoms with Crippen molar-refractivity contribution >= 4 is 17.5 Å². The van der Waals surface area contributed by atoms with E-state index in [1.54, 1.807) is 12.1 Å². The first-order valence-corrected chi connectivity index (χ1v) is 8.81. The lowest BCUT2D eigenvalue weighted by atomic mass is 10.1. The fourth-order valence-corrected chi connectivity index (χ4v) is 2.55. The van der Waals surface area contributed by atoms with Crippen LogP contribution in [0.15, 0.2) is 42.5 Å². The number of likely N-dealkylation sites (N-methyl/N-ethyl adjacent to an activating group) is 1. The number of anilines is 1. The maximum atomic E-state index is 12.3. The molecule has 0 unspecified atom stereocenters. The van der Waals surface area contributed by atoms with Gasteiger partial charge in [0.15, 0.2) is 18.1 Å². The van der Waals surface area contributed by atoms with E-state index in [2.05, 4.69) is 5.32 Å². The molecular weight excluding hydrogens is 358 g/mol. The molecule has 0 heterocycles. The first-order valence-electron chi connectivity index (χ1n) is 8.81. The van der Waals surface area contributed by atoms with Crippen LogP contribution in [0.25, 0.3) is 0 Å². The van der Waals surface area contributed by atoms with Gasteiger partial charge in [-0.1, -0.05) is 25.1 Å². The molecule has 0 radical (unpaired) electrons. The van der Waals surface area contributed by atoms with E-state index in [-0.39, 0.29) is 25.0 Å². The molecule has 0 aliphatic rings. The molecule has 0 bridgehead atoms. The van der Waals surface area contributed by atoms with Crippen molar-refractivity contribution in [3.8, 4) is 17.6 Å². The lowest BCUT2D eigenvalue weighted by molar-refractivity contribution is -0.135. The Balaban J connectivity index is 1.91. The second-order valence-electron chi connectivity index (χ2n) is 6.07. The van der Waals surface area contributed by atoms with E-state index in [0.717, 1.165) is 17.7 Å². The standard InChI is InChI=1S/C21H23N3O4/c1-4-16-7-5-6-8-17(16)23-20(25)13-24(2)21(26)14-28-18-10-9-15(12-22)11-19(18)27-3/h5-11H,4,13-14H2,1-3H3,(H,23,25). The van der Waals surface area contributed by atoms with Crippen LogP contribution in [0.4, 0.5) is 5.69 Å². The van der Waals surface area contributed by atoms with Gasteiger partial charge in [-0.05, 0) is 30.2 Å². The minimum atomic E-state index is -0.356. The van der Waals surface area contributed by atoms with Crippen molar-refractivity contribution < 1.29 is 19.1 Å². The van der Waals surface area contributed by atoms with Gasteiger partial charge in [-0.25, -0.2) is 0 Å². The maximum absolute atomic E-state index is 12.3. The molecule has 2 aromatic rings. The highest BCUT2D eigenvalue weighted by molar-refractivity contribution is 5.95. The van der Waals surface area contributed by atoms with Gasteiger partial charge in [-0.15, -0.1) is 0 Å². The van der Waals surface area contributed by atoms with Crippen LogP contribution in [0.1, 0.15) is 18.1 Å². The zero-order valence-electron chi connectivity index (χ0n) is 16.2. The SMILES string of the molecule is CCc1ccccc1NC(=O)CN(C)C(=O)COc1ccc(C#N)cc1OC. The van der Waals surface area contributed by atoms with Crippen molar-refractivity contribution in [2.75, 3.05) is 32.6 Å². The Labute approximate surface area is 164 Å². The molecule has 2 amide bonds. The molecule has 0 spiro atoms. The number of ether oxygens (including phenoxy) is 2. The second kappa shape index (κ2) is 9.97. The Kier molecular flexibility index (Phi) is 7.40. The summed E-state index contributed by atoms with van der Waals surface area (Å²) in [6.07, 6.45) is 0.797. The summed E-state index contributed by atoms with van der Waals surface area (Å²) in [7, 11) is 2.99. The molecular formula is C21H23N3O4. The van der Waals surface area contributed by atoms with Crippen LogP contribution in [0.3, 0.4) is 0 Å². The molecule has 28 heavy (non-hydrogen) atoms. The summed E-state index contributed by atoms with van der Waals surface area (Å²) >= 11 is 0. The van der Waals surface area contributed by atoms with Crippen LogP contribution in [-0.4, -0.2) is 44.0 Å². The van der Waals surface area contributed by atoms with Crippen LogP contribution < -0.4 is 14.8 Å². The zero-order chi connectivity index (χ0) is 20.5. The zero-order valence-corrected chi connectivity index (χ0v) is 16.2. The van der Waals surface area contributed by atoms with Gasteiger partial charge in [0.05, 0.1) is 25.3 Å². The summed E-state index contributed by atoms with van der Waals surface area (Å²) < 4.78 is 10.7. The van der Waals surface area contributed by atoms with E-state index in [1.807, 2.05) is 37.3 Å². The number of nitriles is 1. The first kappa shape index (κ1) is 20.8. The average molecular weight is 381 g/mol. The molecule has 0 aromatic heterocycles. The lowest BCUT2D eigenvalue weighted by Crippen LogP contribution is -2.37. The molecule has 0 saturated heterocycles. The van der Waals surface area contributed by atoms with Crippen LogP contribution in [0, 0.1) is 11.3 Å². The van der Waals surface area contributed by atoms with Crippen molar-refractivity contribution in [1.82, 2.24) is 4.90 Å². The highest BCUT2D eigenvalue weighted by Crippen LogP contribution is 2.27. The number of nitrogens with one attached hydrogen (secondary N) is 1. The third-order valence-corrected chi connectivity index (χ3v) is 4.12. The van der Waals surface area contributed by atoms with E-state index < -0.39 is 0 Å². The van der Waals surface area contributed by atoms with Gasteiger partial charge in [0, 0.05) is 18.8 Å². The number of rotatable bonds is 8. The van der Waals surface area contributed by atoms with Crippen molar-refractivity contribution in [3.05, 3.63) is 53.6 Å². The Bertz CT molecular complexity index is 889. The summed E-state index contributed by atoms with van der Waals surface area (Å²) in [6, 6.07) is 14.2. The average Bonchev–Trinajstić information content (AvgIpc) is 2.71. The minimum absolute atomic E-state index is 0.0925. The fraction of sp³-hybridized carbons (Fsp3) is 0.286. The monoisotopic (exact) mass is 381 g/mol. The number of methoxy groups -OCH3 is 1. The number of para-hydroxylation sites is 1. The Hall–Kier alpha value is -3.53. The molecule has 0 atom stereocenters. The second-order valence-corrected chi connectivity index (χ2v) is 6.07. The largest absolute Gasteiger partial charge is 0.493 e. The van der Waals surface area contributed by atoms with Gasteiger partial charge in [0.2, 0.25) is 5.91 Å². The fourth-order valence-electron chi connectivity index (χ4n) is 2.55. The van der Waals surface area contributed by atoms with Crippen LogP contribution in [-0.2, 0) is 16.0 Å². The number of carbonyl (C=O) groups excluding carboxylic acids is 2. The number of carbonyl (C=O) groups is 2. The molecule has 0 aliphatic carbocycles. The number of hydrogen-bond donors (Lipinski definition) is 1. The summed E-state index contributed by atoms with van der Waals surface area (Å²) in [5.74, 6) is 0.0750. The highest BCUT2D eigenvalue weighted by Gasteiger charge is 2.16. The van der Waals surface area contributed by atoms with Gasteiger partial charge < -0.3 is 19.7 Å². The first-order chi connectivity index (χ1) is 13.5. The predicted octanol–water partition coefficient (Wildman–Crippen LogP) is 2.61. The summed E-state index contributed by atoms with van der Waals surface area (Å²) in [4.78, 5) is 25.8. The quantitative estimate of drug-likeness (QED) is 0.759. The van der Waals surface area contributed by atoms with Crippen molar-refractivity contribution in [2.45, 2.75) is 13.3 Å². The van der Waals surface area contributed by atoms with Gasteiger partial charge in [-0.3, -0.25) is 9.59 Å². The molecule has 0 aliphatic heterocycles. The van der Waals surface area contributed by atoms with E-state index in [0.29, 0.717) is 17.1 Å². The van der Waals surface area contributed by atoms with Crippen molar-refractivity contribution in [2.24, 2.45) is 0 Å². The summed E-state index contributed by atoms with van der Waals surface area (Å²) in [5, 5.41) is 11.7. The number of hydrogen-bond acceptors (Lipinski definition) is 5. The van der Waals surface area contributed by atoms with E-state index in [9.17, 15) is 9.59 Å². The maximum Gasteiger partial charge on any atom is 0.260 e. The number of benzene rings is 2. The van der Waals surface area contributed by atoms with Gasteiger partial charge >= 0.3 is 0 Å². The number of amides is 2. The Morgan fingerprint density at radius 1 is 1.18 bits per heavy atom. The molecule has 2 aromatic carbocycles. The predicted molar refractivity (Wildman–Crippen MR) is 105 cm³/mol. The van der Waals surface area contributed by atoms with E-state index in [4.69, 9.17) is 14.7 Å². The van der Waals surface area contributed by atoms with E-state index >= 15 is 0 Å². The van der Waals surface area contributed by atoms with E-state index in [1.165, 1.54) is 25.1 Å². The molecule has 1 N–H and O–H groups in total. The molecule has 7 heteroatoms. The summed E-state index contributed by atoms with van der Waals surface area (Å²) in [5.41, 5.74) is 2.20. The number of aryl methyl sites for hydroxylation is 1. The normalized spacial score (nSPS) is 9.93. The van der Waals surface area contributed by atoms with Crippen LogP contribution in [0.5, 0.6) is 11.5 Å². The third-order valence-electron chi connectivity index (χ3n) is 4.12. The molecule has 7 nitrogen and oxygen atoms in total. The van der Waals surface area contributed by atoms with Crippen molar-refractivity contribution in [3.63, 3.8) is 0 Å². The molecule has 0 fully saturated rings. The molecule has 0 saturated carbocycles. The number of nitrogens with zero attached hydrogens (tertiary/aromatic N) is 2.